The highest BCUT2D eigenvalue weighted by atomic mass is 14.2. The summed E-state index contributed by atoms with van der Waals surface area (Å²) in [5.41, 5.74) is 1.74. The predicted octanol–water partition coefficient (Wildman–Crippen LogP) is 5.09. The van der Waals surface area contributed by atoms with Crippen LogP contribution in [0.4, 0.5) is 0 Å². The summed E-state index contributed by atoms with van der Waals surface area (Å²) in [6.07, 6.45) is 15.1. The second-order valence-corrected chi connectivity index (χ2v) is 4.91. The molecule has 0 spiro atoms. The molecule has 0 bridgehead atoms. The van der Waals surface area contributed by atoms with Gasteiger partial charge in [0.25, 0.3) is 0 Å². The Labute approximate surface area is 89.8 Å². The van der Waals surface area contributed by atoms with E-state index in [9.17, 15) is 0 Å². The van der Waals surface area contributed by atoms with E-state index in [2.05, 4.69) is 19.9 Å². The molecule has 0 aliphatic heterocycles. The van der Waals surface area contributed by atoms with E-state index in [4.69, 9.17) is 0 Å². The van der Waals surface area contributed by atoms with Crippen LogP contribution in [0.5, 0.6) is 0 Å². The molecular weight excluding hydrogens is 168 g/mol. The fourth-order valence-corrected chi connectivity index (χ4v) is 2.32. The van der Waals surface area contributed by atoms with Crippen LogP contribution in [0.25, 0.3) is 0 Å². The fraction of sp³-hybridized carbons (Fsp3) is 0.857. The first-order valence-corrected chi connectivity index (χ1v) is 6.50. The Morgan fingerprint density at radius 3 is 2.64 bits per heavy atom. The van der Waals surface area contributed by atoms with Gasteiger partial charge in [0, 0.05) is 0 Å². The number of allylic oxidation sites excluding steroid dienone is 2. The van der Waals surface area contributed by atoms with Crippen LogP contribution in [0.2, 0.25) is 0 Å². The van der Waals surface area contributed by atoms with Crippen LogP contribution in [-0.4, -0.2) is 0 Å². The lowest BCUT2D eigenvalue weighted by Gasteiger charge is -1.99. The van der Waals surface area contributed by atoms with Gasteiger partial charge in [-0.3, -0.25) is 0 Å². The van der Waals surface area contributed by atoms with Gasteiger partial charge in [0.1, 0.15) is 0 Å². The van der Waals surface area contributed by atoms with Crippen molar-refractivity contribution in [2.75, 3.05) is 0 Å². The van der Waals surface area contributed by atoms with E-state index in [1.807, 2.05) is 0 Å². The first-order chi connectivity index (χ1) is 6.83. The van der Waals surface area contributed by atoms with Gasteiger partial charge in [-0.15, -0.1) is 0 Å². The molecule has 0 heteroatoms. The normalized spacial score (nSPS) is 24.7. The highest BCUT2D eigenvalue weighted by Gasteiger charge is 2.13. The predicted molar refractivity (Wildman–Crippen MR) is 64.5 cm³/mol. The molecule has 1 saturated carbocycles. The van der Waals surface area contributed by atoms with Gasteiger partial charge in [0.2, 0.25) is 0 Å². The maximum Gasteiger partial charge on any atom is -0.0294 e. The Hall–Kier alpha value is -0.260. The average Bonchev–Trinajstić information content (AvgIpc) is 2.58. The highest BCUT2D eigenvalue weighted by Crippen LogP contribution is 2.29. The SMILES string of the molecule is CCCCCCCC=C1CCC(C)C1. The van der Waals surface area contributed by atoms with E-state index in [-0.39, 0.29) is 0 Å². The Balaban J connectivity index is 1.97. The smallest absolute Gasteiger partial charge is 0.0294 e. The first kappa shape index (κ1) is 11.8. The van der Waals surface area contributed by atoms with Crippen molar-refractivity contribution in [3.8, 4) is 0 Å². The van der Waals surface area contributed by atoms with Crippen LogP contribution >= 0.6 is 0 Å². The molecule has 0 N–H and O–H groups in total. The summed E-state index contributed by atoms with van der Waals surface area (Å²) in [6, 6.07) is 0. The Bertz CT molecular complexity index is 167. The third-order valence-corrected chi connectivity index (χ3v) is 3.31. The summed E-state index contributed by atoms with van der Waals surface area (Å²) in [6.45, 7) is 4.66. The van der Waals surface area contributed by atoms with Crippen molar-refractivity contribution in [1.29, 1.82) is 0 Å². The Kier molecular flexibility index (Phi) is 5.98. The molecule has 0 heterocycles. The molecule has 1 aliphatic rings. The van der Waals surface area contributed by atoms with Crippen LogP contribution < -0.4 is 0 Å². The first-order valence-electron chi connectivity index (χ1n) is 6.50. The van der Waals surface area contributed by atoms with Crippen molar-refractivity contribution in [2.24, 2.45) is 5.92 Å². The van der Waals surface area contributed by atoms with Crippen molar-refractivity contribution in [2.45, 2.75) is 71.6 Å². The summed E-state index contributed by atoms with van der Waals surface area (Å²) < 4.78 is 0. The number of hydrogen-bond acceptors (Lipinski definition) is 0. The van der Waals surface area contributed by atoms with E-state index < -0.39 is 0 Å². The van der Waals surface area contributed by atoms with Crippen molar-refractivity contribution in [3.63, 3.8) is 0 Å². The molecule has 82 valence electrons. The maximum absolute atomic E-state index is 2.52. The molecule has 1 atom stereocenters. The highest BCUT2D eigenvalue weighted by molar-refractivity contribution is 5.07. The molecule has 0 nitrogen and oxygen atoms in total. The zero-order chi connectivity index (χ0) is 10.2. The molecule has 0 aromatic rings. The van der Waals surface area contributed by atoms with E-state index in [1.54, 1.807) is 5.57 Å². The Morgan fingerprint density at radius 1 is 1.21 bits per heavy atom. The summed E-state index contributed by atoms with van der Waals surface area (Å²) >= 11 is 0. The van der Waals surface area contributed by atoms with Gasteiger partial charge in [-0.1, -0.05) is 51.2 Å². The second-order valence-electron chi connectivity index (χ2n) is 4.91. The molecule has 14 heavy (non-hydrogen) atoms. The monoisotopic (exact) mass is 194 g/mol. The van der Waals surface area contributed by atoms with E-state index in [0.29, 0.717) is 0 Å². The number of rotatable bonds is 6. The van der Waals surface area contributed by atoms with Crippen LogP contribution in [0.1, 0.15) is 71.6 Å². The van der Waals surface area contributed by atoms with Crippen molar-refractivity contribution >= 4 is 0 Å². The summed E-state index contributed by atoms with van der Waals surface area (Å²) in [5.74, 6) is 0.960. The van der Waals surface area contributed by atoms with Crippen molar-refractivity contribution in [3.05, 3.63) is 11.6 Å². The van der Waals surface area contributed by atoms with Crippen molar-refractivity contribution < 1.29 is 0 Å². The van der Waals surface area contributed by atoms with Crippen molar-refractivity contribution in [1.82, 2.24) is 0 Å². The molecule has 1 aliphatic carbocycles. The van der Waals surface area contributed by atoms with Gasteiger partial charge in [0.05, 0.1) is 0 Å². The van der Waals surface area contributed by atoms with Crippen LogP contribution in [-0.2, 0) is 0 Å². The van der Waals surface area contributed by atoms with Crippen LogP contribution in [0.15, 0.2) is 11.6 Å². The van der Waals surface area contributed by atoms with Gasteiger partial charge >= 0.3 is 0 Å². The summed E-state index contributed by atoms with van der Waals surface area (Å²) in [7, 11) is 0. The van der Waals surface area contributed by atoms with E-state index >= 15 is 0 Å². The lowest BCUT2D eigenvalue weighted by molar-refractivity contribution is 0.619. The molecule has 1 rings (SSSR count). The van der Waals surface area contributed by atoms with Crippen LogP contribution in [0.3, 0.4) is 0 Å². The van der Waals surface area contributed by atoms with E-state index in [1.165, 1.54) is 57.8 Å². The number of hydrogen-bond donors (Lipinski definition) is 0. The van der Waals surface area contributed by atoms with Gasteiger partial charge in [-0.25, -0.2) is 0 Å². The third kappa shape index (κ3) is 4.83. The van der Waals surface area contributed by atoms with Gasteiger partial charge in [0.15, 0.2) is 0 Å². The average molecular weight is 194 g/mol. The molecule has 0 amide bonds. The minimum atomic E-state index is 0.960. The standard InChI is InChI=1S/C14H26/c1-3-4-5-6-7-8-9-14-11-10-13(2)12-14/h9,13H,3-8,10-12H2,1-2H3. The molecule has 0 aromatic carbocycles. The Morgan fingerprint density at radius 2 is 2.00 bits per heavy atom. The van der Waals surface area contributed by atoms with Gasteiger partial charge in [-0.2, -0.15) is 0 Å². The zero-order valence-corrected chi connectivity index (χ0v) is 10.0. The zero-order valence-electron chi connectivity index (χ0n) is 10.0. The molecule has 0 aromatic heterocycles. The lowest BCUT2D eigenvalue weighted by Crippen LogP contribution is -1.81. The fourth-order valence-electron chi connectivity index (χ4n) is 2.32. The molecule has 1 fully saturated rings. The lowest BCUT2D eigenvalue weighted by atomic mass is 10.1. The molecular formula is C14H26. The maximum atomic E-state index is 2.52. The molecule has 0 saturated heterocycles. The number of unbranched alkanes of at least 4 members (excludes halogenated alkanes) is 5. The quantitative estimate of drug-likeness (QED) is 0.408. The minimum absolute atomic E-state index is 0.960. The van der Waals surface area contributed by atoms with Crippen LogP contribution in [0, 0.1) is 5.92 Å². The topological polar surface area (TPSA) is 0 Å². The summed E-state index contributed by atoms with van der Waals surface area (Å²) in [4.78, 5) is 0. The largest absolute Gasteiger partial charge is 0.0853 e. The second kappa shape index (κ2) is 7.09. The molecule has 0 radical (unpaired) electrons. The van der Waals surface area contributed by atoms with Gasteiger partial charge < -0.3 is 0 Å². The molecule has 1 unspecified atom stereocenters. The summed E-state index contributed by atoms with van der Waals surface area (Å²) in [5, 5.41) is 0. The van der Waals surface area contributed by atoms with E-state index in [0.717, 1.165) is 5.92 Å². The minimum Gasteiger partial charge on any atom is -0.0853 e. The van der Waals surface area contributed by atoms with Gasteiger partial charge in [-0.05, 0) is 38.0 Å². The third-order valence-electron chi connectivity index (χ3n) is 3.31.